The zero-order valence-corrected chi connectivity index (χ0v) is 14.0. The smallest absolute Gasteiger partial charge is 0.244 e. The number of hydrogen-bond donors (Lipinski definition) is 1. The van der Waals surface area contributed by atoms with Gasteiger partial charge < -0.3 is 14.8 Å². The van der Waals surface area contributed by atoms with Gasteiger partial charge in [-0.1, -0.05) is 0 Å². The van der Waals surface area contributed by atoms with Gasteiger partial charge in [-0.25, -0.2) is 8.42 Å². The molecule has 0 amide bonds. The van der Waals surface area contributed by atoms with E-state index in [1.807, 2.05) is 0 Å². The van der Waals surface area contributed by atoms with Crippen LogP contribution in [-0.2, 0) is 10.0 Å². The van der Waals surface area contributed by atoms with Crippen molar-refractivity contribution in [3.8, 4) is 11.5 Å². The highest BCUT2D eigenvalue weighted by Crippen LogP contribution is 2.38. The molecule has 1 aromatic carbocycles. The van der Waals surface area contributed by atoms with E-state index in [4.69, 9.17) is 9.47 Å². The Labute approximate surface area is 132 Å². The largest absolute Gasteiger partial charge is 0.486 e. The lowest BCUT2D eigenvalue weighted by atomic mass is 10.3. The summed E-state index contributed by atoms with van der Waals surface area (Å²) in [4.78, 5) is 0.209. The van der Waals surface area contributed by atoms with Crippen LogP contribution < -0.4 is 14.8 Å². The molecule has 1 atom stereocenters. The summed E-state index contributed by atoms with van der Waals surface area (Å²) in [5, 5.41) is 3.18. The zero-order chi connectivity index (χ0) is 15.0. The van der Waals surface area contributed by atoms with Gasteiger partial charge in [0.05, 0.1) is 0 Å². The molecule has 1 saturated heterocycles. The van der Waals surface area contributed by atoms with E-state index in [1.165, 1.54) is 10.4 Å². The quantitative estimate of drug-likeness (QED) is 0.858. The minimum atomic E-state index is -3.58. The number of ether oxygens (including phenoxy) is 2. The second-order valence-electron chi connectivity index (χ2n) is 5.09. The molecule has 21 heavy (non-hydrogen) atoms. The van der Waals surface area contributed by atoms with E-state index in [0.29, 0.717) is 35.7 Å². The summed E-state index contributed by atoms with van der Waals surface area (Å²) in [7, 11) is -1.95. The highest BCUT2D eigenvalue weighted by atomic mass is 79.9. The molecule has 116 valence electrons. The average molecular weight is 377 g/mol. The van der Waals surface area contributed by atoms with Gasteiger partial charge >= 0.3 is 0 Å². The van der Waals surface area contributed by atoms with Gasteiger partial charge in [0.1, 0.15) is 18.1 Å². The second kappa shape index (κ2) is 5.75. The number of nitrogens with one attached hydrogen (secondary N) is 1. The fourth-order valence-electron chi connectivity index (χ4n) is 2.54. The van der Waals surface area contributed by atoms with Gasteiger partial charge in [-0.2, -0.15) is 4.31 Å². The van der Waals surface area contributed by atoms with Crippen LogP contribution in [0.1, 0.15) is 6.42 Å². The Balaban J connectivity index is 1.98. The van der Waals surface area contributed by atoms with E-state index in [9.17, 15) is 8.42 Å². The summed E-state index contributed by atoms with van der Waals surface area (Å²) >= 11 is 3.33. The number of benzene rings is 1. The number of sulfonamides is 1. The van der Waals surface area contributed by atoms with Crippen LogP contribution in [0.15, 0.2) is 21.5 Å². The lowest BCUT2D eigenvalue weighted by molar-refractivity contribution is 0.171. The van der Waals surface area contributed by atoms with Crippen LogP contribution in [0.2, 0.25) is 0 Å². The lowest BCUT2D eigenvalue weighted by Gasteiger charge is -2.25. The molecule has 2 aliphatic rings. The predicted octanol–water partition coefficient (Wildman–Crippen LogP) is 1.20. The molecule has 0 aliphatic carbocycles. The number of rotatable bonds is 3. The van der Waals surface area contributed by atoms with Gasteiger partial charge in [-0.05, 0) is 35.0 Å². The van der Waals surface area contributed by atoms with E-state index in [-0.39, 0.29) is 10.9 Å². The Morgan fingerprint density at radius 3 is 2.57 bits per heavy atom. The topological polar surface area (TPSA) is 67.9 Å². The molecule has 6 nitrogen and oxygen atoms in total. The van der Waals surface area contributed by atoms with Crippen LogP contribution in [0.5, 0.6) is 11.5 Å². The number of fused-ring (bicyclic) bond motifs is 1. The van der Waals surface area contributed by atoms with E-state index in [1.54, 1.807) is 13.1 Å². The standard InChI is InChI=1S/C13H17BrN2O4S/c1-16(9-2-3-15-8-9)21(17,18)13-7-12-11(6-10(13)14)19-4-5-20-12/h6-7,9,15H,2-5,8H2,1H3. The maximum Gasteiger partial charge on any atom is 0.244 e. The molecule has 2 aliphatic heterocycles. The molecule has 1 N–H and O–H groups in total. The maximum atomic E-state index is 12.8. The van der Waals surface area contributed by atoms with Gasteiger partial charge in [0.15, 0.2) is 11.5 Å². The Hall–Kier alpha value is -0.830. The van der Waals surface area contributed by atoms with Crippen molar-refractivity contribution >= 4 is 26.0 Å². The van der Waals surface area contributed by atoms with Crippen LogP contribution in [-0.4, -0.2) is 52.1 Å². The second-order valence-corrected chi connectivity index (χ2v) is 7.91. The van der Waals surface area contributed by atoms with Crippen molar-refractivity contribution in [2.45, 2.75) is 17.4 Å². The van der Waals surface area contributed by atoms with Crippen molar-refractivity contribution in [2.75, 3.05) is 33.4 Å². The summed E-state index contributed by atoms with van der Waals surface area (Å²) in [6.07, 6.45) is 0.817. The summed E-state index contributed by atoms with van der Waals surface area (Å²) < 4.78 is 38.5. The Morgan fingerprint density at radius 1 is 1.29 bits per heavy atom. The molecule has 1 aromatic rings. The third kappa shape index (κ3) is 2.77. The molecule has 2 heterocycles. The summed E-state index contributed by atoms with van der Waals surface area (Å²) in [6.45, 7) is 2.42. The first kappa shape index (κ1) is 15.1. The summed E-state index contributed by atoms with van der Waals surface area (Å²) in [5.74, 6) is 1.04. The molecule has 1 unspecified atom stereocenters. The van der Waals surface area contributed by atoms with E-state index < -0.39 is 10.0 Å². The van der Waals surface area contributed by atoms with Crippen LogP contribution in [0.25, 0.3) is 0 Å². The van der Waals surface area contributed by atoms with Crippen LogP contribution >= 0.6 is 15.9 Å². The molecular weight excluding hydrogens is 360 g/mol. The van der Waals surface area contributed by atoms with E-state index in [2.05, 4.69) is 21.2 Å². The minimum Gasteiger partial charge on any atom is -0.486 e. The third-order valence-corrected chi connectivity index (χ3v) is 6.67. The van der Waals surface area contributed by atoms with Gasteiger partial charge in [0.2, 0.25) is 10.0 Å². The Bertz CT molecular complexity index is 644. The van der Waals surface area contributed by atoms with E-state index in [0.717, 1.165) is 13.0 Å². The van der Waals surface area contributed by atoms with Gasteiger partial charge in [0.25, 0.3) is 0 Å². The third-order valence-electron chi connectivity index (χ3n) is 3.80. The highest BCUT2D eigenvalue weighted by Gasteiger charge is 2.32. The van der Waals surface area contributed by atoms with Crippen molar-refractivity contribution in [1.29, 1.82) is 0 Å². The Morgan fingerprint density at radius 2 is 1.95 bits per heavy atom. The van der Waals surface area contributed by atoms with Crippen molar-refractivity contribution in [3.05, 3.63) is 16.6 Å². The van der Waals surface area contributed by atoms with Crippen LogP contribution in [0.3, 0.4) is 0 Å². The molecule has 1 fully saturated rings. The van der Waals surface area contributed by atoms with Crippen molar-refractivity contribution < 1.29 is 17.9 Å². The van der Waals surface area contributed by atoms with Gasteiger partial charge in [-0.15, -0.1) is 0 Å². The molecule has 3 rings (SSSR count). The van der Waals surface area contributed by atoms with Gasteiger partial charge in [-0.3, -0.25) is 0 Å². The monoisotopic (exact) mass is 376 g/mol. The molecule has 0 aromatic heterocycles. The van der Waals surface area contributed by atoms with Crippen LogP contribution in [0, 0.1) is 0 Å². The first-order chi connectivity index (χ1) is 10.00. The van der Waals surface area contributed by atoms with Crippen molar-refractivity contribution in [3.63, 3.8) is 0 Å². The maximum absolute atomic E-state index is 12.8. The number of nitrogens with zero attached hydrogens (tertiary/aromatic N) is 1. The highest BCUT2D eigenvalue weighted by molar-refractivity contribution is 9.10. The molecule has 0 bridgehead atoms. The van der Waals surface area contributed by atoms with E-state index >= 15 is 0 Å². The van der Waals surface area contributed by atoms with Crippen LogP contribution in [0.4, 0.5) is 0 Å². The summed E-state index contributed by atoms with van der Waals surface area (Å²) in [6, 6.07) is 3.17. The number of hydrogen-bond acceptors (Lipinski definition) is 5. The fourth-order valence-corrected chi connectivity index (χ4v) is 4.92. The normalized spacial score (nSPS) is 21.8. The molecule has 0 radical (unpaired) electrons. The SMILES string of the molecule is CN(C1CCNC1)S(=O)(=O)c1cc2c(cc1Br)OCCO2. The first-order valence-electron chi connectivity index (χ1n) is 6.78. The molecule has 8 heteroatoms. The predicted molar refractivity (Wildman–Crippen MR) is 81.4 cm³/mol. The summed E-state index contributed by atoms with van der Waals surface area (Å²) in [5.41, 5.74) is 0. The molecule has 0 spiro atoms. The molecular formula is C13H17BrN2O4S. The van der Waals surface area contributed by atoms with Gasteiger partial charge in [0, 0.05) is 30.2 Å². The number of likely N-dealkylation sites (N-methyl/N-ethyl adjacent to an activating group) is 1. The number of halogens is 1. The minimum absolute atomic E-state index is 0.0184. The first-order valence-corrected chi connectivity index (χ1v) is 9.01. The lowest BCUT2D eigenvalue weighted by Crippen LogP contribution is -2.38. The molecule has 0 saturated carbocycles. The fraction of sp³-hybridized carbons (Fsp3) is 0.538. The Kier molecular flexibility index (Phi) is 4.13. The van der Waals surface area contributed by atoms with Crippen molar-refractivity contribution in [1.82, 2.24) is 9.62 Å². The van der Waals surface area contributed by atoms with Crippen molar-refractivity contribution in [2.24, 2.45) is 0 Å². The average Bonchev–Trinajstić information content (AvgIpc) is 2.99. The zero-order valence-electron chi connectivity index (χ0n) is 11.6.